The molecule has 0 saturated carbocycles. The molecule has 1 rings (SSSR count). The highest BCUT2D eigenvalue weighted by molar-refractivity contribution is 5.91. The molecule has 0 saturated heterocycles. The lowest BCUT2D eigenvalue weighted by atomic mass is 10.1. The number of carbonyl (C=O) groups excluding carboxylic acids is 3. The van der Waals surface area contributed by atoms with Crippen molar-refractivity contribution in [1.29, 1.82) is 0 Å². The number of carbonyl (C=O) groups is 4. The number of amides is 3. The molecule has 3 amide bonds. The number of hydrogen-bond acceptors (Lipinski definition) is 7. The van der Waals surface area contributed by atoms with Crippen LogP contribution in [0.15, 0.2) is 12.5 Å². The van der Waals surface area contributed by atoms with Gasteiger partial charge in [-0.3, -0.25) is 9.59 Å². The van der Waals surface area contributed by atoms with Gasteiger partial charge in [-0.15, -0.1) is 0 Å². The number of imidazole rings is 1. The molecule has 33 heavy (non-hydrogen) atoms. The zero-order chi connectivity index (χ0) is 25.0. The van der Waals surface area contributed by atoms with Crippen LogP contribution in [0.2, 0.25) is 0 Å². The molecule has 12 nitrogen and oxygen atoms in total. The Bertz CT molecular complexity index is 777. The van der Waals surface area contributed by atoms with Crippen LogP contribution in [0, 0.1) is 0 Å². The van der Waals surface area contributed by atoms with Crippen molar-refractivity contribution in [2.24, 2.45) is 5.73 Å². The first-order valence-corrected chi connectivity index (χ1v) is 11.0. The molecule has 0 radical (unpaired) electrons. The number of ether oxygens (including phenoxy) is 1. The van der Waals surface area contributed by atoms with Gasteiger partial charge in [-0.1, -0.05) is 6.92 Å². The van der Waals surface area contributed by atoms with E-state index in [-0.39, 0.29) is 12.8 Å². The quantitative estimate of drug-likeness (QED) is 0.225. The number of unbranched alkanes of at least 4 members (excludes halogenated alkanes) is 1. The second-order valence-corrected chi connectivity index (χ2v) is 8.68. The number of aliphatic carboxylic acids is 1. The van der Waals surface area contributed by atoms with Crippen molar-refractivity contribution >= 4 is 23.9 Å². The second-order valence-electron chi connectivity index (χ2n) is 8.68. The van der Waals surface area contributed by atoms with E-state index in [4.69, 9.17) is 10.5 Å². The van der Waals surface area contributed by atoms with Crippen molar-refractivity contribution in [3.8, 4) is 0 Å². The minimum absolute atomic E-state index is 0.0974. The maximum atomic E-state index is 12.8. The fraction of sp³-hybridized carbons (Fsp3) is 0.667. The number of nitrogens with zero attached hydrogens (tertiary/aromatic N) is 1. The molecule has 7 N–H and O–H groups in total. The number of nitrogens with one attached hydrogen (secondary N) is 4. The summed E-state index contributed by atoms with van der Waals surface area (Å²) in [4.78, 5) is 55.1. The first-order valence-electron chi connectivity index (χ1n) is 11.0. The molecule has 0 bridgehead atoms. The molecule has 0 aliphatic rings. The van der Waals surface area contributed by atoms with Gasteiger partial charge in [0.2, 0.25) is 11.8 Å². The van der Waals surface area contributed by atoms with Gasteiger partial charge in [0, 0.05) is 24.9 Å². The lowest BCUT2D eigenvalue weighted by Crippen LogP contribution is -2.55. The molecule has 3 atom stereocenters. The summed E-state index contributed by atoms with van der Waals surface area (Å²) in [7, 11) is 0. The van der Waals surface area contributed by atoms with Crippen LogP contribution in [0.3, 0.4) is 0 Å². The van der Waals surface area contributed by atoms with Crippen molar-refractivity contribution in [1.82, 2.24) is 25.9 Å². The summed E-state index contributed by atoms with van der Waals surface area (Å²) in [6.07, 6.45) is 3.97. The van der Waals surface area contributed by atoms with Gasteiger partial charge in [-0.25, -0.2) is 14.6 Å². The Kier molecular flexibility index (Phi) is 11.3. The molecule has 3 unspecified atom stereocenters. The normalized spacial score (nSPS) is 14.0. The standard InChI is InChI=1S/C21H36N6O6/c1-5-14(22)17(28)27-16(10-13-11-23-12-25-13)18(29)26-15(19(30)31)8-6-7-9-24-20(32)33-21(2,3)4/h11-12,14-16H,5-10,22H2,1-4H3,(H,23,25)(H,24,32)(H,26,29)(H,27,28)(H,30,31). The Morgan fingerprint density at radius 1 is 1.15 bits per heavy atom. The summed E-state index contributed by atoms with van der Waals surface area (Å²) in [5, 5.41) is 17.2. The van der Waals surface area contributed by atoms with E-state index in [2.05, 4.69) is 25.9 Å². The summed E-state index contributed by atoms with van der Waals surface area (Å²) >= 11 is 0. The molecule has 1 aromatic rings. The summed E-state index contributed by atoms with van der Waals surface area (Å²) in [5.74, 6) is -2.34. The van der Waals surface area contributed by atoms with Gasteiger partial charge in [0.15, 0.2) is 0 Å². The maximum Gasteiger partial charge on any atom is 0.407 e. The zero-order valence-corrected chi connectivity index (χ0v) is 19.6. The fourth-order valence-electron chi connectivity index (χ4n) is 2.80. The van der Waals surface area contributed by atoms with Crippen molar-refractivity contribution in [2.75, 3.05) is 6.54 Å². The number of alkyl carbamates (subject to hydrolysis) is 1. The minimum atomic E-state index is -1.19. The van der Waals surface area contributed by atoms with Crippen LogP contribution in [0.1, 0.15) is 59.1 Å². The van der Waals surface area contributed by atoms with Gasteiger partial charge in [-0.05, 0) is 46.5 Å². The van der Waals surface area contributed by atoms with E-state index < -0.39 is 47.6 Å². The van der Waals surface area contributed by atoms with Crippen molar-refractivity contribution in [3.63, 3.8) is 0 Å². The number of H-pyrrole nitrogens is 1. The number of carboxylic acid groups (broad SMARTS) is 1. The SMILES string of the molecule is CCC(N)C(=O)NC(Cc1cnc[nH]1)C(=O)NC(CCCCNC(=O)OC(C)(C)C)C(=O)O. The Morgan fingerprint density at radius 3 is 2.36 bits per heavy atom. The molecule has 0 aliphatic carbocycles. The summed E-state index contributed by atoms with van der Waals surface area (Å²) in [6, 6.07) is -2.96. The van der Waals surface area contributed by atoms with Gasteiger partial charge in [0.25, 0.3) is 0 Å². The third-order valence-corrected chi connectivity index (χ3v) is 4.59. The maximum absolute atomic E-state index is 12.8. The Morgan fingerprint density at radius 2 is 1.82 bits per heavy atom. The van der Waals surface area contributed by atoms with Crippen LogP contribution >= 0.6 is 0 Å². The smallest absolute Gasteiger partial charge is 0.407 e. The fourth-order valence-corrected chi connectivity index (χ4v) is 2.80. The van der Waals surface area contributed by atoms with Crippen molar-refractivity contribution in [2.45, 2.75) is 83.5 Å². The van der Waals surface area contributed by atoms with Crippen LogP contribution in [-0.2, 0) is 25.5 Å². The predicted octanol–water partition coefficient (Wildman–Crippen LogP) is 0.439. The van der Waals surface area contributed by atoms with Gasteiger partial charge in [-0.2, -0.15) is 0 Å². The Labute approximate surface area is 193 Å². The second kappa shape index (κ2) is 13.4. The van der Waals surface area contributed by atoms with Crippen LogP contribution in [0.4, 0.5) is 4.79 Å². The average Bonchev–Trinajstić information content (AvgIpc) is 3.22. The first kappa shape index (κ1) is 27.9. The molecule has 0 spiro atoms. The van der Waals surface area contributed by atoms with Crippen LogP contribution in [-0.4, -0.2) is 69.2 Å². The molecule has 1 heterocycles. The number of aromatic nitrogens is 2. The Hall–Kier alpha value is -3.15. The Balaban J connectivity index is 2.62. The summed E-state index contributed by atoms with van der Waals surface area (Å²) in [6.45, 7) is 7.31. The third kappa shape index (κ3) is 11.3. The van der Waals surface area contributed by atoms with Gasteiger partial charge in [0.1, 0.15) is 17.7 Å². The number of rotatable bonds is 13. The summed E-state index contributed by atoms with van der Waals surface area (Å²) < 4.78 is 5.13. The average molecular weight is 469 g/mol. The van der Waals surface area contributed by atoms with E-state index in [1.54, 1.807) is 27.7 Å². The van der Waals surface area contributed by atoms with E-state index in [9.17, 15) is 24.3 Å². The summed E-state index contributed by atoms with van der Waals surface area (Å²) in [5.41, 5.74) is 5.73. The zero-order valence-electron chi connectivity index (χ0n) is 19.6. The number of nitrogens with two attached hydrogens (primary N) is 1. The van der Waals surface area contributed by atoms with Crippen molar-refractivity contribution < 1.29 is 29.0 Å². The van der Waals surface area contributed by atoms with E-state index in [1.165, 1.54) is 12.5 Å². The van der Waals surface area contributed by atoms with E-state index in [0.717, 1.165) is 0 Å². The van der Waals surface area contributed by atoms with Gasteiger partial charge >= 0.3 is 12.1 Å². The topological polar surface area (TPSA) is 189 Å². The molecule has 186 valence electrons. The van der Waals surface area contributed by atoms with Crippen molar-refractivity contribution in [3.05, 3.63) is 18.2 Å². The number of aromatic amines is 1. The highest BCUT2D eigenvalue weighted by Crippen LogP contribution is 2.07. The first-order chi connectivity index (χ1) is 15.4. The van der Waals surface area contributed by atoms with Crippen LogP contribution in [0.5, 0.6) is 0 Å². The molecule has 0 aliphatic heterocycles. The molecule has 0 fully saturated rings. The van der Waals surface area contributed by atoms with E-state index in [0.29, 0.717) is 31.5 Å². The highest BCUT2D eigenvalue weighted by atomic mass is 16.6. The number of hydrogen-bond donors (Lipinski definition) is 6. The lowest BCUT2D eigenvalue weighted by Gasteiger charge is -2.22. The van der Waals surface area contributed by atoms with Gasteiger partial charge in [0.05, 0.1) is 12.4 Å². The molecule has 0 aromatic carbocycles. The molecular weight excluding hydrogens is 432 g/mol. The molecular formula is C21H36N6O6. The predicted molar refractivity (Wildman–Crippen MR) is 120 cm³/mol. The van der Waals surface area contributed by atoms with Crippen LogP contribution in [0.25, 0.3) is 0 Å². The highest BCUT2D eigenvalue weighted by Gasteiger charge is 2.28. The minimum Gasteiger partial charge on any atom is -0.480 e. The third-order valence-electron chi connectivity index (χ3n) is 4.59. The lowest BCUT2D eigenvalue weighted by molar-refractivity contribution is -0.142. The van der Waals surface area contributed by atoms with E-state index in [1.807, 2.05) is 0 Å². The molecule has 1 aromatic heterocycles. The molecule has 12 heteroatoms. The largest absolute Gasteiger partial charge is 0.480 e. The number of carboxylic acids is 1. The van der Waals surface area contributed by atoms with E-state index >= 15 is 0 Å². The monoisotopic (exact) mass is 468 g/mol. The van der Waals surface area contributed by atoms with Crippen LogP contribution < -0.4 is 21.7 Å². The van der Waals surface area contributed by atoms with Gasteiger partial charge < -0.3 is 36.5 Å².